The van der Waals surface area contributed by atoms with Crippen molar-refractivity contribution in [1.82, 2.24) is 5.32 Å². The predicted octanol–water partition coefficient (Wildman–Crippen LogP) is 1.72. The average molecular weight is 281 g/mol. The highest BCUT2D eigenvalue weighted by molar-refractivity contribution is 8.00. The van der Waals surface area contributed by atoms with Gasteiger partial charge < -0.3 is 10.4 Å². The molecular formula is C13H15NO2S2. The van der Waals surface area contributed by atoms with Crippen molar-refractivity contribution in [3.05, 3.63) is 21.9 Å². The fraction of sp³-hybridized carbons (Fsp3) is 0.462. The second-order valence-corrected chi connectivity index (χ2v) is 6.29. The Morgan fingerprint density at radius 2 is 2.50 bits per heavy atom. The number of thiophene rings is 1. The summed E-state index contributed by atoms with van der Waals surface area (Å²) in [5, 5.41) is 14.0. The Kier molecular flexibility index (Phi) is 5.12. The van der Waals surface area contributed by atoms with Crippen molar-refractivity contribution < 1.29 is 9.90 Å². The zero-order valence-corrected chi connectivity index (χ0v) is 11.6. The highest BCUT2D eigenvalue weighted by Crippen LogP contribution is 2.25. The Hall–Kier alpha value is -0.960. The van der Waals surface area contributed by atoms with Crippen LogP contribution in [-0.4, -0.2) is 35.2 Å². The molecule has 2 N–H and O–H groups in total. The molecule has 1 saturated heterocycles. The van der Waals surface area contributed by atoms with Crippen molar-refractivity contribution in [2.24, 2.45) is 0 Å². The molecule has 1 aromatic heterocycles. The van der Waals surface area contributed by atoms with Crippen LogP contribution in [-0.2, 0) is 0 Å². The summed E-state index contributed by atoms with van der Waals surface area (Å²) in [5.41, 5.74) is 0.700. The van der Waals surface area contributed by atoms with Crippen LogP contribution < -0.4 is 5.32 Å². The molecule has 0 aliphatic carbocycles. The Balaban J connectivity index is 1.93. The van der Waals surface area contributed by atoms with Gasteiger partial charge in [0.1, 0.15) is 11.5 Å². The average Bonchev–Trinajstić information content (AvgIpc) is 3.04. The van der Waals surface area contributed by atoms with Crippen molar-refractivity contribution in [3.63, 3.8) is 0 Å². The number of carbonyl (C=O) groups is 1. The first-order valence-electron chi connectivity index (χ1n) is 5.88. The topological polar surface area (TPSA) is 49.3 Å². The smallest absolute Gasteiger partial charge is 0.262 e. The van der Waals surface area contributed by atoms with Crippen molar-refractivity contribution in [3.8, 4) is 11.8 Å². The van der Waals surface area contributed by atoms with E-state index in [1.807, 2.05) is 23.2 Å². The molecule has 3 nitrogen and oxygen atoms in total. The molecule has 5 heteroatoms. The third-order valence-corrected chi connectivity index (χ3v) is 5.00. The molecule has 0 spiro atoms. The summed E-state index contributed by atoms with van der Waals surface area (Å²) in [6.45, 7) is 0.546. The Bertz CT molecular complexity index is 467. The van der Waals surface area contributed by atoms with Gasteiger partial charge in [-0.3, -0.25) is 4.79 Å². The second kappa shape index (κ2) is 6.83. The van der Waals surface area contributed by atoms with E-state index in [1.54, 1.807) is 0 Å². The fourth-order valence-corrected chi connectivity index (χ4v) is 3.78. The molecule has 1 aliphatic rings. The van der Waals surface area contributed by atoms with Crippen LogP contribution >= 0.6 is 23.1 Å². The molecule has 1 aliphatic heterocycles. The molecule has 2 rings (SSSR count). The predicted molar refractivity (Wildman–Crippen MR) is 76.1 cm³/mol. The summed E-state index contributed by atoms with van der Waals surface area (Å²) in [4.78, 5) is 12.6. The van der Waals surface area contributed by atoms with Crippen LogP contribution in [0, 0.1) is 11.8 Å². The van der Waals surface area contributed by atoms with Crippen molar-refractivity contribution >= 4 is 29.0 Å². The lowest BCUT2D eigenvalue weighted by atomic mass is 10.2. The molecule has 0 radical (unpaired) electrons. The molecular weight excluding hydrogens is 266 g/mol. The highest BCUT2D eigenvalue weighted by atomic mass is 32.2. The van der Waals surface area contributed by atoms with E-state index in [9.17, 15) is 4.79 Å². The number of hydrogen-bond acceptors (Lipinski definition) is 4. The molecule has 0 saturated carbocycles. The summed E-state index contributed by atoms with van der Waals surface area (Å²) in [6, 6.07) is 1.81. The van der Waals surface area contributed by atoms with E-state index in [0.717, 1.165) is 6.54 Å². The normalized spacial score (nSPS) is 18.2. The number of nitrogens with one attached hydrogen (secondary N) is 1. The summed E-state index contributed by atoms with van der Waals surface area (Å²) in [7, 11) is 0. The summed E-state index contributed by atoms with van der Waals surface area (Å²) < 4.78 is 0. The first kappa shape index (κ1) is 13.5. The van der Waals surface area contributed by atoms with Gasteiger partial charge in [0, 0.05) is 17.4 Å². The number of rotatable bonds is 3. The van der Waals surface area contributed by atoms with Crippen LogP contribution in [0.3, 0.4) is 0 Å². The van der Waals surface area contributed by atoms with Crippen LogP contribution in [0.5, 0.6) is 0 Å². The molecule has 1 unspecified atom stereocenters. The van der Waals surface area contributed by atoms with E-state index in [4.69, 9.17) is 5.11 Å². The SMILES string of the molecule is O=C(NCC1CCCS1)c1sccc1C#CCO. The summed E-state index contributed by atoms with van der Waals surface area (Å²) in [6.07, 6.45) is 2.43. The molecule has 18 heavy (non-hydrogen) atoms. The van der Waals surface area contributed by atoms with Crippen LogP contribution in [0.25, 0.3) is 0 Å². The molecule has 1 aromatic rings. The van der Waals surface area contributed by atoms with Gasteiger partial charge in [0.2, 0.25) is 0 Å². The molecule has 0 aromatic carbocycles. The van der Waals surface area contributed by atoms with Gasteiger partial charge in [-0.2, -0.15) is 11.8 Å². The Morgan fingerprint density at radius 3 is 3.22 bits per heavy atom. The van der Waals surface area contributed by atoms with E-state index < -0.39 is 0 Å². The molecule has 96 valence electrons. The minimum Gasteiger partial charge on any atom is -0.384 e. The number of aliphatic hydroxyl groups excluding tert-OH is 1. The first-order valence-corrected chi connectivity index (χ1v) is 7.81. The van der Waals surface area contributed by atoms with Gasteiger partial charge >= 0.3 is 0 Å². The lowest BCUT2D eigenvalue weighted by Gasteiger charge is -2.09. The van der Waals surface area contributed by atoms with E-state index in [1.165, 1.54) is 29.9 Å². The lowest BCUT2D eigenvalue weighted by molar-refractivity contribution is 0.0957. The zero-order chi connectivity index (χ0) is 12.8. The highest BCUT2D eigenvalue weighted by Gasteiger charge is 2.18. The van der Waals surface area contributed by atoms with Crippen molar-refractivity contribution in [2.75, 3.05) is 18.9 Å². The summed E-state index contributed by atoms with van der Waals surface area (Å²) in [5.74, 6) is 6.51. The van der Waals surface area contributed by atoms with Crippen LogP contribution in [0.4, 0.5) is 0 Å². The number of amides is 1. The zero-order valence-electron chi connectivity index (χ0n) is 9.94. The maximum atomic E-state index is 12.0. The molecule has 2 heterocycles. The molecule has 0 bridgehead atoms. The third-order valence-electron chi connectivity index (χ3n) is 2.69. The monoisotopic (exact) mass is 281 g/mol. The van der Waals surface area contributed by atoms with Crippen LogP contribution in [0.1, 0.15) is 28.1 Å². The molecule has 1 atom stereocenters. The van der Waals surface area contributed by atoms with Gasteiger partial charge in [-0.1, -0.05) is 11.8 Å². The van der Waals surface area contributed by atoms with Gasteiger partial charge in [-0.25, -0.2) is 0 Å². The largest absolute Gasteiger partial charge is 0.384 e. The number of hydrogen-bond donors (Lipinski definition) is 2. The van der Waals surface area contributed by atoms with E-state index >= 15 is 0 Å². The van der Waals surface area contributed by atoms with Crippen LogP contribution in [0.15, 0.2) is 11.4 Å². The first-order chi connectivity index (χ1) is 8.81. The summed E-state index contributed by atoms with van der Waals surface area (Å²) >= 11 is 3.31. The van der Waals surface area contributed by atoms with Crippen LogP contribution in [0.2, 0.25) is 0 Å². The Morgan fingerprint density at radius 1 is 1.61 bits per heavy atom. The lowest BCUT2D eigenvalue weighted by Crippen LogP contribution is -2.29. The molecule has 1 fully saturated rings. The van der Waals surface area contributed by atoms with E-state index in [2.05, 4.69) is 17.2 Å². The second-order valence-electron chi connectivity index (χ2n) is 3.97. The minimum atomic E-state index is -0.185. The third kappa shape index (κ3) is 3.52. The number of thioether (sulfide) groups is 1. The number of carbonyl (C=O) groups excluding carboxylic acids is 1. The maximum Gasteiger partial charge on any atom is 0.262 e. The van der Waals surface area contributed by atoms with Gasteiger partial charge in [-0.15, -0.1) is 11.3 Å². The van der Waals surface area contributed by atoms with Gasteiger partial charge in [0.15, 0.2) is 0 Å². The minimum absolute atomic E-state index is 0.0558. The van der Waals surface area contributed by atoms with Gasteiger partial charge in [-0.05, 0) is 30.0 Å². The van der Waals surface area contributed by atoms with E-state index in [0.29, 0.717) is 15.7 Å². The maximum absolute atomic E-state index is 12.0. The molecule has 1 amide bonds. The van der Waals surface area contributed by atoms with Gasteiger partial charge in [0.05, 0.1) is 0 Å². The quantitative estimate of drug-likeness (QED) is 0.829. The number of aliphatic hydroxyl groups is 1. The van der Waals surface area contributed by atoms with Crippen molar-refractivity contribution in [2.45, 2.75) is 18.1 Å². The van der Waals surface area contributed by atoms with Gasteiger partial charge in [0.25, 0.3) is 5.91 Å². The van der Waals surface area contributed by atoms with E-state index in [-0.39, 0.29) is 12.5 Å². The fourth-order valence-electron chi connectivity index (χ4n) is 1.81. The van der Waals surface area contributed by atoms with Crippen molar-refractivity contribution in [1.29, 1.82) is 0 Å². The standard InChI is InChI=1S/C13H15NO2S2/c15-6-1-3-10-5-8-18-12(10)13(16)14-9-11-4-2-7-17-11/h5,8,11,15H,2,4,6-7,9H2,(H,14,16). The Labute approximate surface area is 115 Å².